The largest absolute Gasteiger partial charge is 0.351 e. The Balaban J connectivity index is 1.59. The third kappa shape index (κ3) is 4.32. The second-order valence-corrected chi connectivity index (χ2v) is 7.14. The van der Waals surface area contributed by atoms with Gasteiger partial charge in [-0.15, -0.1) is 0 Å². The summed E-state index contributed by atoms with van der Waals surface area (Å²) in [5, 5.41) is 6.39. The van der Waals surface area contributed by atoms with Crippen LogP contribution in [0.15, 0.2) is 18.2 Å². The molecule has 2 fully saturated rings. The number of carbonyl (C=O) groups excluding carboxylic acids is 1. The Kier molecular flexibility index (Phi) is 5.82. The first-order chi connectivity index (χ1) is 11.6. The first-order valence-electron chi connectivity index (χ1n) is 9.08. The summed E-state index contributed by atoms with van der Waals surface area (Å²) in [4.78, 5) is 12.3. The van der Waals surface area contributed by atoms with Gasteiger partial charge in [-0.1, -0.05) is 31.7 Å². The van der Waals surface area contributed by atoms with Gasteiger partial charge < -0.3 is 10.6 Å². The highest BCUT2D eigenvalue weighted by molar-refractivity contribution is 5.76. The van der Waals surface area contributed by atoms with Gasteiger partial charge in [-0.05, 0) is 43.0 Å². The van der Waals surface area contributed by atoms with Gasteiger partial charge in [-0.3, -0.25) is 4.79 Å². The highest BCUT2D eigenvalue weighted by atomic mass is 19.2. The molecule has 1 aliphatic heterocycles. The number of halogens is 2. The SMILES string of the molecule is O=C(CCC1CCCC1)NC1CNCCC1c1ccc(F)c(F)c1. The maximum Gasteiger partial charge on any atom is 0.220 e. The molecule has 1 aliphatic carbocycles. The summed E-state index contributed by atoms with van der Waals surface area (Å²) in [6, 6.07) is 4.00. The second-order valence-electron chi connectivity index (χ2n) is 7.14. The average molecular weight is 336 g/mol. The molecule has 2 N–H and O–H groups in total. The van der Waals surface area contributed by atoms with Gasteiger partial charge in [0, 0.05) is 24.9 Å². The van der Waals surface area contributed by atoms with Crippen molar-refractivity contribution in [1.82, 2.24) is 10.6 Å². The lowest BCUT2D eigenvalue weighted by molar-refractivity contribution is -0.122. The van der Waals surface area contributed by atoms with Gasteiger partial charge in [0.1, 0.15) is 0 Å². The molecule has 24 heavy (non-hydrogen) atoms. The molecule has 2 aliphatic rings. The highest BCUT2D eigenvalue weighted by Crippen LogP contribution is 2.29. The first kappa shape index (κ1) is 17.3. The summed E-state index contributed by atoms with van der Waals surface area (Å²) in [5.74, 6) is -0.857. The number of benzene rings is 1. The van der Waals surface area contributed by atoms with E-state index in [-0.39, 0.29) is 17.9 Å². The Bertz CT molecular complexity index is 572. The van der Waals surface area contributed by atoms with E-state index >= 15 is 0 Å². The van der Waals surface area contributed by atoms with Crippen LogP contribution >= 0.6 is 0 Å². The van der Waals surface area contributed by atoms with Crippen molar-refractivity contribution in [3.05, 3.63) is 35.4 Å². The Morgan fingerprint density at radius 2 is 1.96 bits per heavy atom. The molecule has 1 saturated heterocycles. The van der Waals surface area contributed by atoms with Gasteiger partial charge >= 0.3 is 0 Å². The van der Waals surface area contributed by atoms with E-state index < -0.39 is 11.6 Å². The summed E-state index contributed by atoms with van der Waals surface area (Å²) < 4.78 is 26.7. The van der Waals surface area contributed by atoms with E-state index in [4.69, 9.17) is 0 Å². The van der Waals surface area contributed by atoms with E-state index in [0.29, 0.717) is 18.9 Å². The number of hydrogen-bond donors (Lipinski definition) is 2. The lowest BCUT2D eigenvalue weighted by Gasteiger charge is -2.33. The molecule has 1 heterocycles. The van der Waals surface area contributed by atoms with Crippen LogP contribution in [0.25, 0.3) is 0 Å². The minimum atomic E-state index is -0.829. The Labute approximate surface area is 142 Å². The fourth-order valence-corrected chi connectivity index (χ4v) is 4.07. The number of rotatable bonds is 5. The molecule has 1 saturated carbocycles. The molecule has 3 rings (SSSR count). The quantitative estimate of drug-likeness (QED) is 0.864. The van der Waals surface area contributed by atoms with Crippen molar-refractivity contribution in [3.63, 3.8) is 0 Å². The van der Waals surface area contributed by atoms with E-state index in [0.717, 1.165) is 24.9 Å². The van der Waals surface area contributed by atoms with Crippen LogP contribution in [0, 0.1) is 17.6 Å². The molecule has 1 aromatic rings. The summed E-state index contributed by atoms with van der Waals surface area (Å²) >= 11 is 0. The summed E-state index contributed by atoms with van der Waals surface area (Å²) in [5.41, 5.74) is 0.761. The van der Waals surface area contributed by atoms with Gasteiger partial charge in [0.25, 0.3) is 0 Å². The second kappa shape index (κ2) is 8.06. The predicted octanol–water partition coefficient (Wildman–Crippen LogP) is 3.50. The number of piperidine rings is 1. The normalized spacial score (nSPS) is 24.9. The van der Waals surface area contributed by atoms with Crippen LogP contribution in [-0.4, -0.2) is 25.0 Å². The van der Waals surface area contributed by atoms with Crippen LogP contribution in [0.4, 0.5) is 8.78 Å². The van der Waals surface area contributed by atoms with Gasteiger partial charge in [-0.25, -0.2) is 8.78 Å². The van der Waals surface area contributed by atoms with Crippen molar-refractivity contribution < 1.29 is 13.6 Å². The Morgan fingerprint density at radius 1 is 1.17 bits per heavy atom. The molecule has 132 valence electrons. The van der Waals surface area contributed by atoms with Crippen LogP contribution in [0.5, 0.6) is 0 Å². The Morgan fingerprint density at radius 3 is 2.71 bits per heavy atom. The molecule has 2 unspecified atom stereocenters. The fourth-order valence-electron chi connectivity index (χ4n) is 4.07. The third-order valence-electron chi connectivity index (χ3n) is 5.45. The van der Waals surface area contributed by atoms with Crippen molar-refractivity contribution in [3.8, 4) is 0 Å². The van der Waals surface area contributed by atoms with Gasteiger partial charge in [0.2, 0.25) is 5.91 Å². The van der Waals surface area contributed by atoms with Crippen molar-refractivity contribution in [1.29, 1.82) is 0 Å². The van der Waals surface area contributed by atoms with Gasteiger partial charge in [0.15, 0.2) is 11.6 Å². The van der Waals surface area contributed by atoms with Crippen LogP contribution in [-0.2, 0) is 4.79 Å². The standard InChI is InChI=1S/C19H26F2N2O/c20-16-7-6-14(11-17(16)21)15-9-10-22-12-18(15)23-19(24)8-5-13-3-1-2-4-13/h6-7,11,13,15,18,22H,1-5,8-10,12H2,(H,23,24). The van der Waals surface area contributed by atoms with E-state index in [1.165, 1.54) is 37.8 Å². The van der Waals surface area contributed by atoms with Crippen LogP contribution in [0.1, 0.15) is 56.4 Å². The van der Waals surface area contributed by atoms with E-state index in [1.807, 2.05) is 0 Å². The molecular weight excluding hydrogens is 310 g/mol. The lowest BCUT2D eigenvalue weighted by atomic mass is 9.85. The molecular formula is C19H26F2N2O. The molecule has 1 aromatic carbocycles. The van der Waals surface area contributed by atoms with Crippen molar-refractivity contribution in [2.45, 2.75) is 56.9 Å². The lowest BCUT2D eigenvalue weighted by Crippen LogP contribution is -2.50. The number of nitrogens with one attached hydrogen (secondary N) is 2. The molecule has 0 radical (unpaired) electrons. The molecule has 3 nitrogen and oxygen atoms in total. The maximum atomic E-state index is 13.5. The number of carbonyl (C=O) groups is 1. The topological polar surface area (TPSA) is 41.1 Å². The monoisotopic (exact) mass is 336 g/mol. The molecule has 2 atom stereocenters. The smallest absolute Gasteiger partial charge is 0.220 e. The van der Waals surface area contributed by atoms with E-state index in [9.17, 15) is 13.6 Å². The summed E-state index contributed by atoms with van der Waals surface area (Å²) in [6.07, 6.45) is 7.39. The van der Waals surface area contributed by atoms with Crippen molar-refractivity contribution in [2.24, 2.45) is 5.92 Å². The Hall–Kier alpha value is -1.49. The maximum absolute atomic E-state index is 13.5. The number of amides is 1. The van der Waals surface area contributed by atoms with Crippen molar-refractivity contribution in [2.75, 3.05) is 13.1 Å². The van der Waals surface area contributed by atoms with E-state index in [2.05, 4.69) is 10.6 Å². The zero-order chi connectivity index (χ0) is 16.9. The third-order valence-corrected chi connectivity index (χ3v) is 5.45. The van der Waals surface area contributed by atoms with Crippen LogP contribution in [0.2, 0.25) is 0 Å². The molecule has 0 bridgehead atoms. The molecule has 5 heteroatoms. The molecule has 0 aromatic heterocycles. The molecule has 0 spiro atoms. The fraction of sp³-hybridized carbons (Fsp3) is 0.632. The van der Waals surface area contributed by atoms with Crippen LogP contribution < -0.4 is 10.6 Å². The van der Waals surface area contributed by atoms with Crippen molar-refractivity contribution >= 4 is 5.91 Å². The zero-order valence-electron chi connectivity index (χ0n) is 14.0. The van der Waals surface area contributed by atoms with Gasteiger partial charge in [0.05, 0.1) is 0 Å². The number of hydrogen-bond acceptors (Lipinski definition) is 2. The first-order valence-corrected chi connectivity index (χ1v) is 9.08. The highest BCUT2D eigenvalue weighted by Gasteiger charge is 2.28. The minimum absolute atomic E-state index is 0.0248. The zero-order valence-corrected chi connectivity index (χ0v) is 14.0. The summed E-state index contributed by atoms with van der Waals surface area (Å²) in [7, 11) is 0. The van der Waals surface area contributed by atoms with Gasteiger partial charge in [-0.2, -0.15) is 0 Å². The van der Waals surface area contributed by atoms with Crippen LogP contribution in [0.3, 0.4) is 0 Å². The minimum Gasteiger partial charge on any atom is -0.351 e. The summed E-state index contributed by atoms with van der Waals surface area (Å²) in [6.45, 7) is 1.48. The van der Waals surface area contributed by atoms with E-state index in [1.54, 1.807) is 6.07 Å². The average Bonchev–Trinajstić information content (AvgIpc) is 3.10. The predicted molar refractivity (Wildman–Crippen MR) is 89.7 cm³/mol. The molecule has 1 amide bonds.